The van der Waals surface area contributed by atoms with Crippen LogP contribution in [0.3, 0.4) is 0 Å². The number of hydrogen-bond acceptors (Lipinski definition) is 1. The summed E-state index contributed by atoms with van der Waals surface area (Å²) in [7, 11) is 0. The number of carbonyl (C=O) groups is 1. The molecule has 2 aromatic rings. The van der Waals surface area contributed by atoms with Gasteiger partial charge in [0.15, 0.2) is 0 Å². The van der Waals surface area contributed by atoms with E-state index < -0.39 is 0 Å². The predicted molar refractivity (Wildman–Crippen MR) is 55.6 cm³/mol. The second-order valence-electron chi connectivity index (χ2n) is 3.11. The number of Topliss-reactive ketones (excluding diaryl/α,β-unsaturated/α-hetero) is 1. The molecule has 0 amide bonds. The molecule has 0 N–H and O–H groups in total. The molecule has 13 heavy (non-hydrogen) atoms. The van der Waals surface area contributed by atoms with Crippen LogP contribution in [0, 0.1) is 6.92 Å². The van der Waals surface area contributed by atoms with Crippen molar-refractivity contribution < 1.29 is 4.79 Å². The van der Waals surface area contributed by atoms with Crippen LogP contribution >= 0.6 is 0 Å². The van der Waals surface area contributed by atoms with Crippen LogP contribution in [0.25, 0.3) is 8.79 Å². The third-order valence-corrected chi connectivity index (χ3v) is 6.08. The standard InChI is InChI=1S/C11H10OTe/c1-7-9-5-3-4-6-10(9)13-11(7)8(2)12/h3-6H,1-2H3. The third-order valence-electron chi connectivity index (χ3n) is 2.16. The summed E-state index contributed by atoms with van der Waals surface area (Å²) < 4.78 is 2.52. The Balaban J connectivity index is 2.81. The first kappa shape index (κ1) is 8.99. The van der Waals surface area contributed by atoms with E-state index in [-0.39, 0.29) is 26.2 Å². The van der Waals surface area contributed by atoms with E-state index >= 15 is 0 Å². The summed E-state index contributed by atoms with van der Waals surface area (Å²) in [6, 6.07) is 8.36. The van der Waals surface area contributed by atoms with Crippen molar-refractivity contribution in [3.8, 4) is 0 Å². The van der Waals surface area contributed by atoms with Crippen LogP contribution in [0.5, 0.6) is 0 Å². The molecule has 0 bridgehead atoms. The van der Waals surface area contributed by atoms with Gasteiger partial charge in [-0.3, -0.25) is 0 Å². The quantitative estimate of drug-likeness (QED) is 0.581. The Morgan fingerprint density at radius 3 is 2.62 bits per heavy atom. The van der Waals surface area contributed by atoms with Gasteiger partial charge in [-0.1, -0.05) is 0 Å². The first-order chi connectivity index (χ1) is 6.20. The van der Waals surface area contributed by atoms with Crippen LogP contribution < -0.4 is 0 Å². The van der Waals surface area contributed by atoms with Crippen molar-refractivity contribution in [2.24, 2.45) is 0 Å². The molecular formula is C11H10OTe. The Bertz CT molecular complexity index is 468. The van der Waals surface area contributed by atoms with E-state index in [0.717, 1.165) is 3.58 Å². The van der Waals surface area contributed by atoms with Gasteiger partial charge >= 0.3 is 87.1 Å². The van der Waals surface area contributed by atoms with Crippen molar-refractivity contribution in [2.75, 3.05) is 0 Å². The fourth-order valence-electron chi connectivity index (χ4n) is 1.51. The van der Waals surface area contributed by atoms with Gasteiger partial charge in [0, 0.05) is 0 Å². The zero-order valence-corrected chi connectivity index (χ0v) is 9.96. The monoisotopic (exact) mass is 288 g/mol. The SMILES string of the molecule is CC(=O)c1[te]c2ccccc2c1C. The number of carbonyl (C=O) groups excluding carboxylic acids is 1. The number of ketones is 1. The zero-order chi connectivity index (χ0) is 9.42. The minimum absolute atomic E-state index is 0.260. The normalized spacial score (nSPS) is 10.6. The summed E-state index contributed by atoms with van der Waals surface area (Å²) in [6.07, 6.45) is 0. The first-order valence-electron chi connectivity index (χ1n) is 4.19. The molecule has 1 nitrogen and oxygen atoms in total. The Labute approximate surface area is 87.0 Å². The van der Waals surface area contributed by atoms with E-state index in [2.05, 4.69) is 25.1 Å². The molecule has 2 heteroatoms. The number of fused-ring (bicyclic) bond motifs is 1. The van der Waals surface area contributed by atoms with E-state index in [4.69, 9.17) is 0 Å². The van der Waals surface area contributed by atoms with Crippen molar-refractivity contribution in [3.05, 3.63) is 33.4 Å². The average Bonchev–Trinajstić information content (AvgIpc) is 2.45. The van der Waals surface area contributed by atoms with E-state index in [1.54, 1.807) is 6.92 Å². The maximum atomic E-state index is 11.3. The molecule has 0 aliphatic rings. The van der Waals surface area contributed by atoms with Crippen LogP contribution in [0.1, 0.15) is 20.9 Å². The second kappa shape index (κ2) is 3.29. The molecule has 0 aliphatic carbocycles. The van der Waals surface area contributed by atoms with Crippen LogP contribution in [-0.4, -0.2) is 26.2 Å². The molecule has 1 aromatic carbocycles. The summed E-state index contributed by atoms with van der Waals surface area (Å²) in [6.45, 7) is 3.74. The molecule has 0 radical (unpaired) electrons. The number of benzene rings is 1. The topological polar surface area (TPSA) is 17.1 Å². The van der Waals surface area contributed by atoms with E-state index in [0.29, 0.717) is 0 Å². The molecule has 0 atom stereocenters. The van der Waals surface area contributed by atoms with E-state index in [1.807, 2.05) is 6.07 Å². The Kier molecular flexibility index (Phi) is 2.27. The minimum atomic E-state index is -0.378. The predicted octanol–water partition coefficient (Wildman–Crippen LogP) is 2.41. The molecule has 0 spiro atoms. The van der Waals surface area contributed by atoms with E-state index in [1.165, 1.54) is 14.4 Å². The van der Waals surface area contributed by atoms with Gasteiger partial charge in [-0.2, -0.15) is 0 Å². The van der Waals surface area contributed by atoms with Crippen LogP contribution in [-0.2, 0) is 0 Å². The van der Waals surface area contributed by atoms with Gasteiger partial charge in [0.25, 0.3) is 0 Å². The van der Waals surface area contributed by atoms with Crippen LogP contribution in [0.4, 0.5) is 0 Å². The summed E-state index contributed by atoms with van der Waals surface area (Å²) in [4.78, 5) is 11.3. The first-order valence-corrected chi connectivity index (χ1v) is 6.52. The molecule has 0 saturated carbocycles. The van der Waals surface area contributed by atoms with Crippen molar-refractivity contribution in [1.82, 2.24) is 0 Å². The Hall–Kier alpha value is -0.580. The van der Waals surface area contributed by atoms with Gasteiger partial charge in [-0.05, 0) is 0 Å². The van der Waals surface area contributed by atoms with Gasteiger partial charge in [-0.25, -0.2) is 0 Å². The number of rotatable bonds is 1. The fraction of sp³-hybridized carbons (Fsp3) is 0.182. The van der Waals surface area contributed by atoms with Gasteiger partial charge < -0.3 is 0 Å². The van der Waals surface area contributed by atoms with Crippen LogP contribution in [0.2, 0.25) is 0 Å². The molecule has 0 unspecified atom stereocenters. The maximum absolute atomic E-state index is 11.3. The van der Waals surface area contributed by atoms with Gasteiger partial charge in [0.05, 0.1) is 0 Å². The molecular weight excluding hydrogens is 276 g/mol. The van der Waals surface area contributed by atoms with Crippen LogP contribution in [0.15, 0.2) is 24.3 Å². The molecule has 1 heterocycles. The van der Waals surface area contributed by atoms with Crippen molar-refractivity contribution in [3.63, 3.8) is 0 Å². The number of hydrogen-bond donors (Lipinski definition) is 0. The summed E-state index contributed by atoms with van der Waals surface area (Å²) in [5.41, 5.74) is 1.21. The summed E-state index contributed by atoms with van der Waals surface area (Å²) in [5, 5.41) is 1.30. The molecule has 0 saturated heterocycles. The Morgan fingerprint density at radius 1 is 1.31 bits per heavy atom. The molecule has 1 aromatic heterocycles. The third kappa shape index (κ3) is 1.45. The second-order valence-corrected chi connectivity index (χ2v) is 6.11. The van der Waals surface area contributed by atoms with Crippen molar-refractivity contribution in [1.29, 1.82) is 0 Å². The summed E-state index contributed by atoms with van der Waals surface area (Å²) >= 11 is -0.378. The van der Waals surface area contributed by atoms with Gasteiger partial charge in [0.1, 0.15) is 0 Å². The molecule has 66 valence electrons. The zero-order valence-electron chi connectivity index (χ0n) is 7.63. The average molecular weight is 286 g/mol. The Morgan fingerprint density at radius 2 is 2.00 bits per heavy atom. The fourth-order valence-corrected chi connectivity index (χ4v) is 4.66. The van der Waals surface area contributed by atoms with Crippen molar-refractivity contribution >= 4 is 35.0 Å². The van der Waals surface area contributed by atoms with Gasteiger partial charge in [0.2, 0.25) is 0 Å². The molecule has 0 aliphatic heterocycles. The van der Waals surface area contributed by atoms with E-state index in [9.17, 15) is 4.79 Å². The van der Waals surface area contributed by atoms with Gasteiger partial charge in [-0.15, -0.1) is 0 Å². The number of aryl methyl sites for hydroxylation is 1. The molecule has 2 rings (SSSR count). The molecule has 0 fully saturated rings. The summed E-state index contributed by atoms with van der Waals surface area (Å²) in [5.74, 6) is 0.260. The van der Waals surface area contributed by atoms with Crippen molar-refractivity contribution in [2.45, 2.75) is 13.8 Å².